The molecule has 2 fully saturated rings. The van der Waals surface area contributed by atoms with Crippen LogP contribution in [0, 0.1) is 0 Å². The van der Waals surface area contributed by atoms with Gasteiger partial charge in [0.1, 0.15) is 6.10 Å². The first-order valence-corrected chi connectivity index (χ1v) is 8.65. The van der Waals surface area contributed by atoms with Crippen LogP contribution in [0.2, 0.25) is 0 Å². The van der Waals surface area contributed by atoms with E-state index in [4.69, 9.17) is 4.74 Å². The van der Waals surface area contributed by atoms with Crippen LogP contribution in [0.15, 0.2) is 6.20 Å². The molecule has 2 N–H and O–H groups in total. The summed E-state index contributed by atoms with van der Waals surface area (Å²) in [6.07, 6.45) is 7.29. The molecule has 128 valence electrons. The third-order valence-corrected chi connectivity index (χ3v) is 4.70. The van der Waals surface area contributed by atoms with Crippen molar-refractivity contribution in [3.05, 3.63) is 11.9 Å². The third-order valence-electron chi connectivity index (χ3n) is 4.70. The average molecular weight is 322 g/mol. The Kier molecular flexibility index (Phi) is 5.27. The molecule has 1 saturated carbocycles. The molecule has 2 aliphatic rings. The summed E-state index contributed by atoms with van der Waals surface area (Å²) in [7, 11) is 0. The summed E-state index contributed by atoms with van der Waals surface area (Å²) in [5.74, 6) is 0.627. The topological polar surface area (TPSA) is 89.3 Å². The van der Waals surface area contributed by atoms with Crippen molar-refractivity contribution in [1.29, 1.82) is 0 Å². The number of hydrogen-bond acceptors (Lipinski definition) is 5. The van der Waals surface area contributed by atoms with Crippen molar-refractivity contribution in [1.82, 2.24) is 20.3 Å². The van der Waals surface area contributed by atoms with Gasteiger partial charge in [0.05, 0.1) is 24.4 Å². The molecule has 1 saturated heterocycles. The molecule has 0 aromatic carbocycles. The smallest absolute Gasteiger partial charge is 0.220 e. The Bertz CT molecular complexity index is 529. The lowest BCUT2D eigenvalue weighted by molar-refractivity contribution is -0.128. The molecule has 0 bridgehead atoms. The second-order valence-corrected chi connectivity index (χ2v) is 6.55. The van der Waals surface area contributed by atoms with Crippen LogP contribution in [-0.2, 0) is 16.1 Å². The zero-order valence-corrected chi connectivity index (χ0v) is 13.6. The first kappa shape index (κ1) is 16.4. The zero-order valence-electron chi connectivity index (χ0n) is 13.6. The van der Waals surface area contributed by atoms with Crippen LogP contribution in [-0.4, -0.2) is 50.9 Å². The van der Waals surface area contributed by atoms with Crippen LogP contribution in [0.5, 0.6) is 0 Å². The standard InChI is InChI=1S/C16H26N4O3/c1-2-16(22)17-13-6-5-12(23-15(13)10-21)7-8-20-9-14(18-19-20)11-3-4-11/h9,11-13,15,21H,2-8,10H2,1H3,(H,17,22)/t12-,13-,15-/m0/s1. The van der Waals surface area contributed by atoms with Gasteiger partial charge in [-0.05, 0) is 32.1 Å². The molecule has 1 aromatic heterocycles. The van der Waals surface area contributed by atoms with Gasteiger partial charge in [-0.3, -0.25) is 9.48 Å². The molecule has 3 rings (SSSR count). The van der Waals surface area contributed by atoms with Crippen molar-refractivity contribution in [2.24, 2.45) is 0 Å². The summed E-state index contributed by atoms with van der Waals surface area (Å²) in [5, 5.41) is 20.8. The van der Waals surface area contributed by atoms with E-state index < -0.39 is 0 Å². The predicted octanol–water partition coefficient (Wildman–Crippen LogP) is 0.980. The summed E-state index contributed by atoms with van der Waals surface area (Å²) >= 11 is 0. The van der Waals surface area contributed by atoms with Gasteiger partial charge in [-0.15, -0.1) is 5.10 Å². The van der Waals surface area contributed by atoms with E-state index in [2.05, 4.69) is 15.6 Å². The molecule has 23 heavy (non-hydrogen) atoms. The second kappa shape index (κ2) is 7.40. The van der Waals surface area contributed by atoms with Crippen LogP contribution >= 0.6 is 0 Å². The van der Waals surface area contributed by atoms with Gasteiger partial charge in [-0.2, -0.15) is 0 Å². The molecule has 1 amide bonds. The van der Waals surface area contributed by atoms with Crippen LogP contribution in [0.1, 0.15) is 57.1 Å². The quantitative estimate of drug-likeness (QED) is 0.781. The highest BCUT2D eigenvalue weighted by Gasteiger charge is 2.31. The molecule has 0 unspecified atom stereocenters. The Balaban J connectivity index is 1.46. The number of nitrogens with one attached hydrogen (secondary N) is 1. The van der Waals surface area contributed by atoms with Gasteiger partial charge < -0.3 is 15.2 Å². The number of carbonyl (C=O) groups is 1. The summed E-state index contributed by atoms with van der Waals surface area (Å²) < 4.78 is 7.84. The molecular weight excluding hydrogens is 296 g/mol. The van der Waals surface area contributed by atoms with E-state index in [0.29, 0.717) is 12.3 Å². The Morgan fingerprint density at radius 1 is 1.43 bits per heavy atom. The van der Waals surface area contributed by atoms with Crippen LogP contribution in [0.3, 0.4) is 0 Å². The summed E-state index contributed by atoms with van der Waals surface area (Å²) in [4.78, 5) is 11.5. The Morgan fingerprint density at radius 3 is 2.96 bits per heavy atom. The van der Waals surface area contributed by atoms with Crippen LogP contribution < -0.4 is 5.32 Å². The number of carbonyl (C=O) groups excluding carboxylic acids is 1. The van der Waals surface area contributed by atoms with Crippen molar-refractivity contribution < 1.29 is 14.6 Å². The summed E-state index contributed by atoms with van der Waals surface area (Å²) in [6.45, 7) is 2.53. The molecule has 3 atom stereocenters. The SMILES string of the molecule is CCC(=O)N[C@H]1CC[C@@H](CCn2cc(C3CC3)nn2)O[C@H]1CO. The molecule has 7 nitrogen and oxygen atoms in total. The van der Waals surface area contributed by atoms with E-state index >= 15 is 0 Å². The highest BCUT2D eigenvalue weighted by atomic mass is 16.5. The fourth-order valence-corrected chi connectivity index (χ4v) is 3.08. The van der Waals surface area contributed by atoms with Gasteiger partial charge >= 0.3 is 0 Å². The minimum atomic E-state index is -0.318. The van der Waals surface area contributed by atoms with Gasteiger partial charge in [0.25, 0.3) is 0 Å². The number of aryl methyl sites for hydroxylation is 1. The van der Waals surface area contributed by atoms with E-state index in [-0.39, 0.29) is 30.8 Å². The highest BCUT2D eigenvalue weighted by Crippen LogP contribution is 2.38. The molecule has 1 aliphatic heterocycles. The van der Waals surface area contributed by atoms with Gasteiger partial charge in [0.2, 0.25) is 5.91 Å². The first-order chi connectivity index (χ1) is 11.2. The number of ether oxygens (including phenoxy) is 1. The van der Waals surface area contributed by atoms with E-state index in [1.807, 2.05) is 17.8 Å². The largest absolute Gasteiger partial charge is 0.394 e. The molecule has 0 spiro atoms. The van der Waals surface area contributed by atoms with Crippen LogP contribution in [0.4, 0.5) is 0 Å². The number of amides is 1. The summed E-state index contributed by atoms with van der Waals surface area (Å²) in [6, 6.07) is -0.0865. The Hall–Kier alpha value is -1.47. The minimum Gasteiger partial charge on any atom is -0.394 e. The predicted molar refractivity (Wildman–Crippen MR) is 83.8 cm³/mol. The zero-order chi connectivity index (χ0) is 16.2. The van der Waals surface area contributed by atoms with Gasteiger partial charge in [-0.25, -0.2) is 0 Å². The maximum atomic E-state index is 11.5. The first-order valence-electron chi connectivity index (χ1n) is 8.65. The Labute approximate surface area is 136 Å². The maximum Gasteiger partial charge on any atom is 0.220 e. The lowest BCUT2D eigenvalue weighted by Gasteiger charge is -2.36. The van der Waals surface area contributed by atoms with Crippen LogP contribution in [0.25, 0.3) is 0 Å². The Morgan fingerprint density at radius 2 is 2.26 bits per heavy atom. The monoisotopic (exact) mass is 322 g/mol. The van der Waals surface area contributed by atoms with Gasteiger partial charge in [0.15, 0.2) is 0 Å². The van der Waals surface area contributed by atoms with E-state index in [9.17, 15) is 9.90 Å². The average Bonchev–Trinajstić information content (AvgIpc) is 3.32. The normalized spacial score (nSPS) is 27.8. The molecule has 0 radical (unpaired) electrons. The van der Waals surface area contributed by atoms with E-state index in [1.54, 1.807) is 0 Å². The van der Waals surface area contributed by atoms with Crippen molar-refractivity contribution in [2.45, 2.75) is 76.2 Å². The van der Waals surface area contributed by atoms with Crippen molar-refractivity contribution >= 4 is 5.91 Å². The lowest BCUT2D eigenvalue weighted by atomic mass is 9.97. The highest BCUT2D eigenvalue weighted by molar-refractivity contribution is 5.75. The number of hydrogen-bond donors (Lipinski definition) is 2. The van der Waals surface area contributed by atoms with E-state index in [0.717, 1.165) is 31.5 Å². The molecule has 7 heteroatoms. The van der Waals surface area contributed by atoms with E-state index in [1.165, 1.54) is 12.8 Å². The minimum absolute atomic E-state index is 0.00530. The van der Waals surface area contributed by atoms with Crippen molar-refractivity contribution in [3.8, 4) is 0 Å². The number of nitrogens with zero attached hydrogens (tertiary/aromatic N) is 3. The van der Waals surface area contributed by atoms with Crippen molar-refractivity contribution in [2.75, 3.05) is 6.61 Å². The number of aliphatic hydroxyl groups excluding tert-OH is 1. The lowest BCUT2D eigenvalue weighted by Crippen LogP contribution is -2.50. The van der Waals surface area contributed by atoms with Gasteiger partial charge in [0, 0.05) is 25.1 Å². The number of rotatable bonds is 7. The second-order valence-electron chi connectivity index (χ2n) is 6.55. The molecule has 1 aliphatic carbocycles. The van der Waals surface area contributed by atoms with Gasteiger partial charge in [-0.1, -0.05) is 12.1 Å². The van der Waals surface area contributed by atoms with Crippen molar-refractivity contribution in [3.63, 3.8) is 0 Å². The molecule has 1 aromatic rings. The fourth-order valence-electron chi connectivity index (χ4n) is 3.08. The number of aliphatic hydroxyl groups is 1. The fraction of sp³-hybridized carbons (Fsp3) is 0.812. The number of aromatic nitrogens is 3. The maximum absolute atomic E-state index is 11.5. The third kappa shape index (κ3) is 4.29. The summed E-state index contributed by atoms with van der Waals surface area (Å²) in [5.41, 5.74) is 1.10. The molecule has 2 heterocycles. The molecular formula is C16H26N4O3.